The minimum Gasteiger partial charge on any atom is -0.353 e. The van der Waals surface area contributed by atoms with Crippen LogP contribution in [0.25, 0.3) is 0 Å². The third-order valence-corrected chi connectivity index (χ3v) is 7.51. The smallest absolute Gasteiger partial charge is 0.266 e. The summed E-state index contributed by atoms with van der Waals surface area (Å²) in [5, 5.41) is 13.2. The number of aryl methyl sites for hydroxylation is 1. The van der Waals surface area contributed by atoms with Crippen LogP contribution in [0.2, 0.25) is 0 Å². The third-order valence-electron chi connectivity index (χ3n) is 5.93. The zero-order chi connectivity index (χ0) is 22.2. The zero-order valence-corrected chi connectivity index (χ0v) is 19.2. The molecule has 0 bridgehead atoms. The number of hydrogen-bond acceptors (Lipinski definition) is 8. The van der Waals surface area contributed by atoms with Crippen LogP contribution in [-0.2, 0) is 34.0 Å². The lowest BCUT2D eigenvalue weighted by Crippen LogP contribution is -2.48. The van der Waals surface area contributed by atoms with Crippen LogP contribution >= 0.6 is 0 Å². The van der Waals surface area contributed by atoms with Gasteiger partial charge in [-0.2, -0.15) is 10.2 Å². The van der Waals surface area contributed by atoms with E-state index in [1.807, 2.05) is 12.1 Å². The molecule has 2 aliphatic heterocycles. The van der Waals surface area contributed by atoms with E-state index < -0.39 is 9.84 Å². The lowest BCUT2D eigenvalue weighted by atomic mass is 9.92. The highest BCUT2D eigenvalue weighted by Crippen LogP contribution is 2.23. The van der Waals surface area contributed by atoms with Gasteiger partial charge in [-0.15, -0.1) is 5.10 Å². The number of hydrogen-bond donors (Lipinski definition) is 0. The molecule has 2 aromatic heterocycles. The number of piperazine rings is 1. The van der Waals surface area contributed by atoms with Crippen LogP contribution < -0.4 is 10.5 Å². The predicted octanol–water partition coefficient (Wildman–Crippen LogP) is 0.624. The minimum absolute atomic E-state index is 0.0558. The molecule has 0 unspecified atom stereocenters. The molecular formula is C21H30N6O3S. The SMILES string of the molecule is CC(C)(C)c1ccc(=O)n(CCN2CCN(c3cc4c(nn3)CCS(=O)(=O)C4)CC2)n1. The molecule has 2 aliphatic rings. The Morgan fingerprint density at radius 3 is 2.48 bits per heavy atom. The molecule has 0 saturated carbocycles. The van der Waals surface area contributed by atoms with Crippen LogP contribution in [0, 0.1) is 0 Å². The van der Waals surface area contributed by atoms with Crippen LogP contribution in [0.15, 0.2) is 23.0 Å². The number of anilines is 1. The van der Waals surface area contributed by atoms with Gasteiger partial charge in [0.2, 0.25) is 0 Å². The molecule has 0 aliphatic carbocycles. The summed E-state index contributed by atoms with van der Waals surface area (Å²) < 4.78 is 25.4. The van der Waals surface area contributed by atoms with Crippen molar-refractivity contribution in [3.63, 3.8) is 0 Å². The summed E-state index contributed by atoms with van der Waals surface area (Å²) in [5.41, 5.74) is 2.31. The fourth-order valence-corrected chi connectivity index (χ4v) is 5.31. The fraction of sp³-hybridized carbons (Fsp3) is 0.619. The van der Waals surface area contributed by atoms with Crippen LogP contribution in [0.3, 0.4) is 0 Å². The fourth-order valence-electron chi connectivity index (χ4n) is 3.94. The maximum Gasteiger partial charge on any atom is 0.266 e. The molecule has 0 radical (unpaired) electrons. The number of aromatic nitrogens is 4. The van der Waals surface area contributed by atoms with Gasteiger partial charge < -0.3 is 4.90 Å². The maximum absolute atomic E-state index is 12.2. The molecule has 0 aromatic carbocycles. The van der Waals surface area contributed by atoms with E-state index in [2.05, 4.69) is 45.9 Å². The number of nitrogens with zero attached hydrogens (tertiary/aromatic N) is 6. The summed E-state index contributed by atoms with van der Waals surface area (Å²) in [6, 6.07) is 5.29. The van der Waals surface area contributed by atoms with E-state index in [0.29, 0.717) is 13.0 Å². The second-order valence-corrected chi connectivity index (χ2v) is 11.6. The highest BCUT2D eigenvalue weighted by molar-refractivity contribution is 7.90. The van der Waals surface area contributed by atoms with E-state index >= 15 is 0 Å². The van der Waals surface area contributed by atoms with Crippen LogP contribution in [-0.4, -0.2) is 71.8 Å². The predicted molar refractivity (Wildman–Crippen MR) is 119 cm³/mol. The summed E-state index contributed by atoms with van der Waals surface area (Å²) in [4.78, 5) is 16.6. The summed E-state index contributed by atoms with van der Waals surface area (Å²) in [6.45, 7) is 10.8. The van der Waals surface area contributed by atoms with E-state index in [-0.39, 0.29) is 22.5 Å². The van der Waals surface area contributed by atoms with Crippen molar-refractivity contribution in [1.29, 1.82) is 0 Å². The second-order valence-electron chi connectivity index (χ2n) is 9.38. The van der Waals surface area contributed by atoms with Gasteiger partial charge in [-0.1, -0.05) is 20.8 Å². The normalized spacial score (nSPS) is 19.3. The molecule has 1 fully saturated rings. The summed E-state index contributed by atoms with van der Waals surface area (Å²) in [7, 11) is -3.03. The Morgan fingerprint density at radius 1 is 1.03 bits per heavy atom. The van der Waals surface area contributed by atoms with E-state index in [0.717, 1.165) is 55.5 Å². The molecule has 31 heavy (non-hydrogen) atoms. The Morgan fingerprint density at radius 2 is 1.77 bits per heavy atom. The summed E-state index contributed by atoms with van der Waals surface area (Å²) in [6.07, 6.45) is 0.447. The Hall–Kier alpha value is -2.33. The molecule has 0 spiro atoms. The molecule has 9 nitrogen and oxygen atoms in total. The molecule has 10 heteroatoms. The van der Waals surface area contributed by atoms with Crippen LogP contribution in [0.5, 0.6) is 0 Å². The average molecular weight is 447 g/mol. The largest absolute Gasteiger partial charge is 0.353 e. The van der Waals surface area contributed by atoms with Gasteiger partial charge in [-0.3, -0.25) is 9.69 Å². The van der Waals surface area contributed by atoms with Crippen molar-refractivity contribution < 1.29 is 8.42 Å². The van der Waals surface area contributed by atoms with Crippen molar-refractivity contribution in [1.82, 2.24) is 24.9 Å². The van der Waals surface area contributed by atoms with Crippen LogP contribution in [0.1, 0.15) is 37.7 Å². The topological polar surface area (TPSA) is 101 Å². The molecular weight excluding hydrogens is 416 g/mol. The Kier molecular flexibility index (Phi) is 5.87. The standard InChI is InChI=1S/C21H30N6O3S/c1-21(2,3)18-4-5-20(28)27(24-18)12-9-25-7-10-26(11-8-25)19-14-16-15-31(29,30)13-6-17(16)22-23-19/h4-5,14H,6-13,15H2,1-3H3. The van der Waals surface area contributed by atoms with Gasteiger partial charge in [-0.05, 0) is 17.7 Å². The first-order valence-electron chi connectivity index (χ1n) is 10.7. The van der Waals surface area contributed by atoms with Gasteiger partial charge >= 0.3 is 0 Å². The number of sulfone groups is 1. The molecule has 0 N–H and O–H groups in total. The van der Waals surface area contributed by atoms with Gasteiger partial charge in [0.25, 0.3) is 5.56 Å². The van der Waals surface area contributed by atoms with Gasteiger partial charge in [0.1, 0.15) is 0 Å². The number of rotatable bonds is 4. The molecule has 0 atom stereocenters. The molecule has 4 rings (SSSR count). The quantitative estimate of drug-likeness (QED) is 0.674. The average Bonchev–Trinajstić information content (AvgIpc) is 2.71. The Bertz CT molecular complexity index is 1110. The zero-order valence-electron chi connectivity index (χ0n) is 18.4. The highest BCUT2D eigenvalue weighted by Gasteiger charge is 2.25. The third kappa shape index (κ3) is 5.12. The maximum atomic E-state index is 12.2. The minimum atomic E-state index is -3.03. The molecule has 168 valence electrons. The summed E-state index contributed by atoms with van der Waals surface area (Å²) in [5.74, 6) is 0.954. The van der Waals surface area contributed by atoms with Crippen molar-refractivity contribution in [2.24, 2.45) is 0 Å². The summed E-state index contributed by atoms with van der Waals surface area (Å²) >= 11 is 0. The van der Waals surface area contributed by atoms with Crippen molar-refractivity contribution in [2.75, 3.05) is 43.4 Å². The first kappa shape index (κ1) is 21.9. The molecule has 1 saturated heterocycles. The van der Waals surface area contributed by atoms with Gasteiger partial charge in [0, 0.05) is 50.6 Å². The van der Waals surface area contributed by atoms with Crippen molar-refractivity contribution in [3.05, 3.63) is 45.5 Å². The lowest BCUT2D eigenvalue weighted by Gasteiger charge is -2.35. The molecule has 2 aromatic rings. The van der Waals surface area contributed by atoms with Crippen LogP contribution in [0.4, 0.5) is 5.82 Å². The van der Waals surface area contributed by atoms with Gasteiger partial charge in [0.05, 0.1) is 29.4 Å². The molecule has 4 heterocycles. The lowest BCUT2D eigenvalue weighted by molar-refractivity contribution is 0.241. The second kappa shape index (κ2) is 8.31. The van der Waals surface area contributed by atoms with Gasteiger partial charge in [-0.25, -0.2) is 13.1 Å². The Labute approximate surface area is 183 Å². The highest BCUT2D eigenvalue weighted by atomic mass is 32.2. The van der Waals surface area contributed by atoms with Gasteiger partial charge in [0.15, 0.2) is 15.7 Å². The number of fused-ring (bicyclic) bond motifs is 1. The monoisotopic (exact) mass is 446 g/mol. The first-order chi connectivity index (χ1) is 14.6. The molecule has 0 amide bonds. The van der Waals surface area contributed by atoms with E-state index in [1.165, 1.54) is 0 Å². The van der Waals surface area contributed by atoms with E-state index in [1.54, 1.807) is 10.7 Å². The van der Waals surface area contributed by atoms with E-state index in [4.69, 9.17) is 0 Å². The van der Waals surface area contributed by atoms with Crippen molar-refractivity contribution >= 4 is 15.7 Å². The van der Waals surface area contributed by atoms with E-state index in [9.17, 15) is 13.2 Å². The Balaban J connectivity index is 1.35. The first-order valence-corrected chi connectivity index (χ1v) is 12.5. The van der Waals surface area contributed by atoms with Crippen molar-refractivity contribution in [2.45, 2.75) is 44.9 Å². The van der Waals surface area contributed by atoms with Crippen molar-refractivity contribution in [3.8, 4) is 0 Å².